The molecule has 1 aromatic carbocycles. The van der Waals surface area contributed by atoms with E-state index in [0.717, 1.165) is 11.4 Å². The zero-order valence-corrected chi connectivity index (χ0v) is 20.9. The molecule has 0 radical (unpaired) electrons. The summed E-state index contributed by atoms with van der Waals surface area (Å²) < 4.78 is 32.3. The molecule has 184 valence electrons. The number of rotatable bonds is 7. The lowest BCUT2D eigenvalue weighted by atomic mass is 10.1. The van der Waals surface area contributed by atoms with Crippen molar-refractivity contribution in [3.63, 3.8) is 0 Å². The second-order valence-electron chi connectivity index (χ2n) is 8.83. The number of para-hydroxylation sites is 1. The molecule has 1 atom stereocenters. The number of sulfone groups is 1. The number of Topliss-reactive ketones (excluding diaryl/α,β-unsaturated/α-hetero) is 2. The van der Waals surface area contributed by atoms with Crippen LogP contribution in [0.1, 0.15) is 56.0 Å². The van der Waals surface area contributed by atoms with E-state index in [2.05, 4.69) is 5.10 Å². The maximum atomic E-state index is 12.8. The summed E-state index contributed by atoms with van der Waals surface area (Å²) in [5.74, 6) is -2.29. The highest BCUT2D eigenvalue weighted by molar-refractivity contribution is 7.91. The Morgan fingerprint density at radius 2 is 1.74 bits per heavy atom. The number of esters is 1. The summed E-state index contributed by atoms with van der Waals surface area (Å²) >= 11 is 0. The van der Waals surface area contributed by atoms with E-state index >= 15 is 0 Å². The van der Waals surface area contributed by atoms with Crippen LogP contribution in [0.25, 0.3) is 5.69 Å². The molecule has 1 aliphatic heterocycles. The number of nitrogens with zero attached hydrogens (tertiary/aromatic N) is 3. The van der Waals surface area contributed by atoms with E-state index in [4.69, 9.17) is 4.74 Å². The molecule has 0 unspecified atom stereocenters. The molecule has 4 rings (SSSR count). The average molecular weight is 498 g/mol. The van der Waals surface area contributed by atoms with Gasteiger partial charge in [0.2, 0.25) is 5.78 Å². The SMILES string of the molecule is Cc1nn(-c2ccccc2)c(C)c1C(=O)C(=O)OCC(=O)c1cc(C)n([C@H]2CCS(=O)(=O)C2)c1C. The molecule has 0 bridgehead atoms. The highest BCUT2D eigenvalue weighted by Gasteiger charge is 2.32. The van der Waals surface area contributed by atoms with Gasteiger partial charge >= 0.3 is 5.97 Å². The van der Waals surface area contributed by atoms with Crippen molar-refractivity contribution < 1.29 is 27.5 Å². The van der Waals surface area contributed by atoms with Crippen LogP contribution in [0.15, 0.2) is 36.4 Å². The van der Waals surface area contributed by atoms with Crippen LogP contribution in [-0.2, 0) is 19.4 Å². The first-order chi connectivity index (χ1) is 16.5. The molecule has 1 saturated heterocycles. The van der Waals surface area contributed by atoms with Crippen molar-refractivity contribution in [2.45, 2.75) is 40.2 Å². The lowest BCUT2D eigenvalue weighted by Gasteiger charge is -2.16. The Balaban J connectivity index is 1.47. The molecule has 0 spiro atoms. The Kier molecular flexibility index (Phi) is 6.50. The number of ketones is 2. The van der Waals surface area contributed by atoms with Gasteiger partial charge in [0.1, 0.15) is 0 Å². The van der Waals surface area contributed by atoms with Gasteiger partial charge in [-0.25, -0.2) is 17.9 Å². The zero-order valence-electron chi connectivity index (χ0n) is 20.1. The molecule has 0 N–H and O–H groups in total. The predicted octanol–water partition coefficient (Wildman–Crippen LogP) is 2.88. The largest absolute Gasteiger partial charge is 0.451 e. The molecular formula is C25H27N3O6S. The van der Waals surface area contributed by atoms with Crippen LogP contribution in [0.5, 0.6) is 0 Å². The summed E-state index contributed by atoms with van der Waals surface area (Å²) in [7, 11) is -3.09. The summed E-state index contributed by atoms with van der Waals surface area (Å²) in [6.45, 7) is 6.28. The highest BCUT2D eigenvalue weighted by atomic mass is 32.2. The van der Waals surface area contributed by atoms with E-state index in [1.807, 2.05) is 34.9 Å². The molecule has 3 heterocycles. The molecule has 2 aromatic heterocycles. The summed E-state index contributed by atoms with van der Waals surface area (Å²) in [6.07, 6.45) is 0.491. The first-order valence-electron chi connectivity index (χ1n) is 11.3. The smallest absolute Gasteiger partial charge is 0.380 e. The summed E-state index contributed by atoms with van der Waals surface area (Å²) in [6, 6.07) is 10.7. The summed E-state index contributed by atoms with van der Waals surface area (Å²) in [4.78, 5) is 38.2. The van der Waals surface area contributed by atoms with Gasteiger partial charge in [-0.1, -0.05) is 18.2 Å². The Labute approximate surface area is 203 Å². The van der Waals surface area contributed by atoms with Crippen molar-refractivity contribution in [3.8, 4) is 5.69 Å². The first-order valence-corrected chi connectivity index (χ1v) is 13.1. The fourth-order valence-electron chi connectivity index (χ4n) is 4.77. The number of carbonyl (C=O) groups excluding carboxylic acids is 3. The van der Waals surface area contributed by atoms with Crippen molar-refractivity contribution in [3.05, 3.63) is 70.3 Å². The van der Waals surface area contributed by atoms with Crippen molar-refractivity contribution >= 4 is 27.4 Å². The van der Waals surface area contributed by atoms with Crippen LogP contribution in [0.2, 0.25) is 0 Å². The lowest BCUT2D eigenvalue weighted by Crippen LogP contribution is -2.23. The summed E-state index contributed by atoms with van der Waals surface area (Å²) in [5.41, 5.74) is 3.50. The molecule has 10 heteroatoms. The van der Waals surface area contributed by atoms with Gasteiger partial charge in [0.15, 0.2) is 16.4 Å². The Morgan fingerprint density at radius 1 is 1.06 bits per heavy atom. The number of hydrogen-bond acceptors (Lipinski definition) is 7. The quantitative estimate of drug-likeness (QED) is 0.280. The maximum Gasteiger partial charge on any atom is 0.380 e. The third kappa shape index (κ3) is 4.70. The number of aromatic nitrogens is 3. The third-order valence-electron chi connectivity index (χ3n) is 6.40. The molecular weight excluding hydrogens is 470 g/mol. The molecule has 9 nitrogen and oxygen atoms in total. The van der Waals surface area contributed by atoms with Crippen LogP contribution in [0.4, 0.5) is 0 Å². The molecule has 0 amide bonds. The molecule has 35 heavy (non-hydrogen) atoms. The Morgan fingerprint density at radius 3 is 2.37 bits per heavy atom. The monoisotopic (exact) mass is 497 g/mol. The topological polar surface area (TPSA) is 117 Å². The van der Waals surface area contributed by atoms with Crippen molar-refractivity contribution in [2.75, 3.05) is 18.1 Å². The van der Waals surface area contributed by atoms with Crippen molar-refractivity contribution in [1.82, 2.24) is 14.3 Å². The fraction of sp³-hybridized carbons (Fsp3) is 0.360. The van der Waals surface area contributed by atoms with E-state index in [0.29, 0.717) is 29.1 Å². The maximum absolute atomic E-state index is 12.8. The van der Waals surface area contributed by atoms with E-state index in [1.54, 1.807) is 38.4 Å². The second-order valence-corrected chi connectivity index (χ2v) is 11.1. The fourth-order valence-corrected chi connectivity index (χ4v) is 6.47. The standard InChI is InChI=1S/C25H27N3O6S/c1-15-12-21(17(3)27(15)20-10-11-35(32,33)14-20)22(29)13-34-25(31)24(30)23-16(2)26-28(18(23)4)19-8-6-5-7-9-19/h5-9,12,20H,10-11,13-14H2,1-4H3/t20-/m0/s1. The zero-order chi connectivity index (χ0) is 25.5. The van der Waals surface area contributed by atoms with Crippen LogP contribution >= 0.6 is 0 Å². The highest BCUT2D eigenvalue weighted by Crippen LogP contribution is 2.29. The second kappa shape index (κ2) is 9.26. The number of aryl methyl sites for hydroxylation is 2. The van der Waals surface area contributed by atoms with Gasteiger partial charge in [-0.3, -0.25) is 9.59 Å². The van der Waals surface area contributed by atoms with E-state index in [9.17, 15) is 22.8 Å². The Hall–Kier alpha value is -3.53. The minimum atomic E-state index is -3.09. The molecule has 1 fully saturated rings. The van der Waals surface area contributed by atoms with Crippen molar-refractivity contribution in [1.29, 1.82) is 0 Å². The van der Waals surface area contributed by atoms with Gasteiger partial charge in [-0.05, 0) is 52.3 Å². The van der Waals surface area contributed by atoms with Gasteiger partial charge in [0.05, 0.1) is 34.1 Å². The molecule has 0 saturated carbocycles. The van der Waals surface area contributed by atoms with Crippen LogP contribution in [-0.4, -0.2) is 58.4 Å². The lowest BCUT2D eigenvalue weighted by molar-refractivity contribution is -0.137. The Bertz CT molecular complexity index is 1430. The van der Waals surface area contributed by atoms with Gasteiger partial charge in [0.25, 0.3) is 5.78 Å². The first kappa shape index (κ1) is 24.6. The number of hydrogen-bond donors (Lipinski definition) is 0. The van der Waals surface area contributed by atoms with Gasteiger partial charge < -0.3 is 9.30 Å². The van der Waals surface area contributed by atoms with Crippen molar-refractivity contribution in [2.24, 2.45) is 0 Å². The van der Waals surface area contributed by atoms with Gasteiger partial charge in [0, 0.05) is 23.0 Å². The molecule has 1 aliphatic rings. The van der Waals surface area contributed by atoms with E-state index in [-0.39, 0.29) is 23.1 Å². The van der Waals surface area contributed by atoms with E-state index < -0.39 is 34.0 Å². The van der Waals surface area contributed by atoms with Crippen LogP contribution in [0, 0.1) is 27.7 Å². The minimum absolute atomic E-state index is 0.0375. The predicted molar refractivity (Wildman–Crippen MR) is 129 cm³/mol. The number of carbonyl (C=O) groups is 3. The number of benzene rings is 1. The number of ether oxygens (including phenoxy) is 1. The normalized spacial score (nSPS) is 16.9. The molecule has 0 aliphatic carbocycles. The molecule has 3 aromatic rings. The van der Waals surface area contributed by atoms with Gasteiger partial charge in [-0.15, -0.1) is 0 Å². The minimum Gasteiger partial charge on any atom is -0.451 e. The summed E-state index contributed by atoms with van der Waals surface area (Å²) in [5, 5.41) is 4.37. The third-order valence-corrected chi connectivity index (χ3v) is 8.15. The average Bonchev–Trinajstić information content (AvgIpc) is 3.43. The van der Waals surface area contributed by atoms with Crippen LogP contribution in [0.3, 0.4) is 0 Å². The van der Waals surface area contributed by atoms with Crippen LogP contribution < -0.4 is 0 Å². The van der Waals surface area contributed by atoms with E-state index in [1.165, 1.54) is 0 Å². The van der Waals surface area contributed by atoms with Gasteiger partial charge in [-0.2, -0.15) is 5.10 Å².